The van der Waals surface area contributed by atoms with E-state index in [0.717, 1.165) is 68.3 Å². The summed E-state index contributed by atoms with van der Waals surface area (Å²) in [4.78, 5) is 45.4. The van der Waals surface area contributed by atoms with Gasteiger partial charge in [0.05, 0.1) is 11.3 Å². The van der Waals surface area contributed by atoms with E-state index in [1.165, 1.54) is 4.31 Å². The Morgan fingerprint density at radius 3 is 2.18 bits per heavy atom. The standard InChI is InChI=1S/C37H50ClN5O5S/c1-26-6-9-33(25-35(26)38)43(37(46)29-14-20-40(21-15-29)27(2)44)19-5-18-42-31-10-11-32(42)24-30(23-31)39-36(45)22-28-7-12-34(13-8-28)49(47,48)41-16-3-4-17-41/h6-9,12-13,25,29-32H,3-5,10-11,14-24H2,1-2H3,(H,39,45). The fourth-order valence-electron chi connectivity index (χ4n) is 8.27. The summed E-state index contributed by atoms with van der Waals surface area (Å²) in [5, 5.41) is 3.91. The number of rotatable bonds is 11. The molecule has 2 aromatic carbocycles. The minimum absolute atomic E-state index is 0.0342. The van der Waals surface area contributed by atoms with Crippen LogP contribution in [-0.4, -0.2) is 97.6 Å². The van der Waals surface area contributed by atoms with Crippen molar-refractivity contribution in [2.24, 2.45) is 5.92 Å². The molecule has 0 saturated carbocycles. The zero-order chi connectivity index (χ0) is 34.7. The second-order valence-corrected chi connectivity index (χ2v) is 16.7. The minimum Gasteiger partial charge on any atom is -0.353 e. The van der Waals surface area contributed by atoms with Gasteiger partial charge in [0.2, 0.25) is 27.7 Å². The molecule has 4 aliphatic rings. The second-order valence-electron chi connectivity index (χ2n) is 14.3. The highest BCUT2D eigenvalue weighted by Gasteiger charge is 2.41. The predicted octanol–water partition coefficient (Wildman–Crippen LogP) is 4.77. The molecule has 4 fully saturated rings. The Balaban J connectivity index is 1.01. The van der Waals surface area contributed by atoms with Crippen LogP contribution in [0.25, 0.3) is 0 Å². The fraction of sp³-hybridized carbons (Fsp3) is 0.595. The smallest absolute Gasteiger partial charge is 0.243 e. The largest absolute Gasteiger partial charge is 0.353 e. The molecule has 4 heterocycles. The van der Waals surface area contributed by atoms with Crippen molar-refractivity contribution in [1.29, 1.82) is 0 Å². The first-order valence-electron chi connectivity index (χ1n) is 18.0. The number of likely N-dealkylation sites (tertiary alicyclic amines) is 1. The molecule has 4 saturated heterocycles. The van der Waals surface area contributed by atoms with Crippen molar-refractivity contribution in [2.45, 2.75) is 101 Å². The average molecular weight is 712 g/mol. The summed E-state index contributed by atoms with van der Waals surface area (Å²) in [7, 11) is -3.47. The van der Waals surface area contributed by atoms with E-state index in [4.69, 9.17) is 11.6 Å². The monoisotopic (exact) mass is 711 g/mol. The van der Waals surface area contributed by atoms with Gasteiger partial charge in [-0.05, 0) is 100 Å². The van der Waals surface area contributed by atoms with Gasteiger partial charge in [0.25, 0.3) is 0 Å². The highest BCUT2D eigenvalue weighted by Crippen LogP contribution is 2.36. The Morgan fingerprint density at radius 2 is 1.57 bits per heavy atom. The Kier molecular flexibility index (Phi) is 11.3. The Labute approximate surface area is 296 Å². The molecule has 6 rings (SSSR count). The van der Waals surface area contributed by atoms with Gasteiger partial charge in [-0.25, -0.2) is 8.42 Å². The number of hydrogen-bond donors (Lipinski definition) is 1. The van der Waals surface area contributed by atoms with Gasteiger partial charge in [-0.2, -0.15) is 4.31 Å². The van der Waals surface area contributed by atoms with Gasteiger partial charge >= 0.3 is 0 Å². The first-order chi connectivity index (χ1) is 23.5. The second kappa shape index (κ2) is 15.5. The van der Waals surface area contributed by atoms with E-state index >= 15 is 0 Å². The zero-order valence-corrected chi connectivity index (χ0v) is 30.4. The number of anilines is 1. The molecule has 0 spiro atoms. The molecule has 2 atom stereocenters. The van der Waals surface area contributed by atoms with Crippen molar-refractivity contribution in [3.05, 3.63) is 58.6 Å². The number of nitrogens with one attached hydrogen (secondary N) is 1. The number of carbonyl (C=O) groups is 3. The fourth-order valence-corrected chi connectivity index (χ4v) is 9.96. The van der Waals surface area contributed by atoms with Gasteiger partial charge in [-0.3, -0.25) is 19.3 Å². The third-order valence-electron chi connectivity index (χ3n) is 11.1. The SMILES string of the molecule is CC(=O)N1CCC(C(=O)N(CCCN2C3CCC2CC(NC(=O)Cc2ccc(S(=O)(=O)N4CCCC4)cc2)C3)c2ccc(C)c(Cl)c2)CC1. The average Bonchev–Trinajstić information content (AvgIpc) is 3.71. The summed E-state index contributed by atoms with van der Waals surface area (Å²) in [6.45, 7) is 7.37. The molecule has 3 amide bonds. The topological polar surface area (TPSA) is 110 Å². The van der Waals surface area contributed by atoms with Crippen LogP contribution in [0.2, 0.25) is 5.02 Å². The number of benzene rings is 2. The van der Waals surface area contributed by atoms with E-state index in [2.05, 4.69) is 10.2 Å². The van der Waals surface area contributed by atoms with E-state index in [1.54, 1.807) is 31.2 Å². The maximum absolute atomic E-state index is 13.9. The molecular formula is C37H50ClN5O5S. The van der Waals surface area contributed by atoms with Gasteiger partial charge in [0.15, 0.2) is 0 Å². The highest BCUT2D eigenvalue weighted by molar-refractivity contribution is 7.89. The highest BCUT2D eigenvalue weighted by atomic mass is 35.5. The number of halogens is 1. The van der Waals surface area contributed by atoms with Crippen LogP contribution in [0.15, 0.2) is 47.4 Å². The number of sulfonamides is 1. The van der Waals surface area contributed by atoms with Gasteiger partial charge in [0.1, 0.15) is 0 Å². The van der Waals surface area contributed by atoms with Gasteiger partial charge < -0.3 is 15.1 Å². The number of nitrogens with zero attached hydrogens (tertiary/aromatic N) is 4. The maximum atomic E-state index is 13.9. The van der Waals surface area contributed by atoms with Gasteiger partial charge in [-0.1, -0.05) is 29.8 Å². The molecule has 0 radical (unpaired) electrons. The Hall–Kier alpha value is -2.99. The normalized spacial score (nSPS) is 23.5. The van der Waals surface area contributed by atoms with Crippen LogP contribution in [0, 0.1) is 12.8 Å². The third kappa shape index (κ3) is 8.32. The molecule has 10 nitrogen and oxygen atoms in total. The van der Waals surface area contributed by atoms with E-state index in [-0.39, 0.29) is 41.0 Å². The lowest BCUT2D eigenvalue weighted by atomic mass is 9.94. The van der Waals surface area contributed by atoms with Crippen LogP contribution in [0.3, 0.4) is 0 Å². The van der Waals surface area contributed by atoms with Crippen molar-refractivity contribution < 1.29 is 22.8 Å². The summed E-state index contributed by atoms with van der Waals surface area (Å²) >= 11 is 6.50. The van der Waals surface area contributed by atoms with E-state index in [0.29, 0.717) is 62.7 Å². The number of aryl methyl sites for hydroxylation is 1. The van der Waals surface area contributed by atoms with Crippen molar-refractivity contribution in [1.82, 2.24) is 19.4 Å². The van der Waals surface area contributed by atoms with Crippen LogP contribution in [0.1, 0.15) is 75.8 Å². The van der Waals surface area contributed by atoms with Crippen LogP contribution >= 0.6 is 11.6 Å². The quantitative estimate of drug-likeness (QED) is 0.360. The zero-order valence-electron chi connectivity index (χ0n) is 28.8. The molecule has 12 heteroatoms. The van der Waals surface area contributed by atoms with Crippen molar-refractivity contribution in [3.63, 3.8) is 0 Å². The summed E-state index contributed by atoms with van der Waals surface area (Å²) in [6, 6.07) is 13.5. The van der Waals surface area contributed by atoms with Crippen LogP contribution in [0.5, 0.6) is 0 Å². The lowest BCUT2D eigenvalue weighted by Gasteiger charge is -2.40. The van der Waals surface area contributed by atoms with Gasteiger partial charge in [0, 0.05) is 80.9 Å². The molecule has 2 bridgehead atoms. The van der Waals surface area contributed by atoms with Crippen molar-refractivity contribution >= 4 is 45.0 Å². The first kappa shape index (κ1) is 35.8. The Bertz CT molecular complexity index is 1610. The molecule has 266 valence electrons. The molecule has 2 unspecified atom stereocenters. The van der Waals surface area contributed by atoms with Crippen molar-refractivity contribution in [2.75, 3.05) is 44.2 Å². The molecule has 0 aromatic heterocycles. The van der Waals surface area contributed by atoms with Crippen molar-refractivity contribution in [3.8, 4) is 0 Å². The lowest BCUT2D eigenvalue weighted by molar-refractivity contribution is -0.133. The van der Waals surface area contributed by atoms with Crippen LogP contribution in [-0.2, 0) is 30.8 Å². The number of amides is 3. The van der Waals surface area contributed by atoms with E-state index < -0.39 is 10.0 Å². The minimum atomic E-state index is -3.47. The number of hydrogen-bond acceptors (Lipinski definition) is 6. The van der Waals surface area contributed by atoms with E-state index in [1.807, 2.05) is 34.9 Å². The predicted molar refractivity (Wildman–Crippen MR) is 191 cm³/mol. The molecule has 4 aliphatic heterocycles. The van der Waals surface area contributed by atoms with Gasteiger partial charge in [-0.15, -0.1) is 0 Å². The Morgan fingerprint density at radius 1 is 0.918 bits per heavy atom. The molecule has 2 aromatic rings. The number of carbonyl (C=O) groups excluding carboxylic acids is 3. The van der Waals surface area contributed by atoms with Crippen LogP contribution < -0.4 is 10.2 Å². The molecule has 0 aliphatic carbocycles. The summed E-state index contributed by atoms with van der Waals surface area (Å²) in [6.07, 6.45) is 8.20. The summed E-state index contributed by atoms with van der Waals surface area (Å²) in [5.41, 5.74) is 2.60. The number of fused-ring (bicyclic) bond motifs is 2. The number of piperidine rings is 2. The van der Waals surface area contributed by atoms with E-state index in [9.17, 15) is 22.8 Å². The molecular weight excluding hydrogens is 662 g/mol. The maximum Gasteiger partial charge on any atom is 0.243 e. The lowest BCUT2D eigenvalue weighted by Crippen LogP contribution is -2.51. The van der Waals surface area contributed by atoms with Crippen LogP contribution in [0.4, 0.5) is 5.69 Å². The summed E-state index contributed by atoms with van der Waals surface area (Å²) < 4.78 is 27.2. The molecule has 49 heavy (non-hydrogen) atoms. The first-order valence-corrected chi connectivity index (χ1v) is 19.8. The third-order valence-corrected chi connectivity index (χ3v) is 13.4. The summed E-state index contributed by atoms with van der Waals surface area (Å²) in [5.74, 6) is 0.0130. The molecule has 1 N–H and O–H groups in total.